The normalized spacial score (nSPS) is 17.5. The maximum atomic E-state index is 10.9. The Hall–Kier alpha value is -1.95. The van der Waals surface area contributed by atoms with Gasteiger partial charge >= 0.3 is 0 Å². The van der Waals surface area contributed by atoms with E-state index in [4.69, 9.17) is 4.98 Å². The van der Waals surface area contributed by atoms with Crippen molar-refractivity contribution in [3.05, 3.63) is 53.5 Å². The Labute approximate surface area is 158 Å². The van der Waals surface area contributed by atoms with Crippen LogP contribution in [0.2, 0.25) is 0 Å². The van der Waals surface area contributed by atoms with Crippen LogP contribution < -0.4 is 0 Å². The molecule has 0 saturated carbocycles. The molecule has 4 rings (SSSR count). The maximum Gasteiger partial charge on any atom is 0.0963 e. The van der Waals surface area contributed by atoms with Gasteiger partial charge in [-0.15, -0.1) is 0 Å². The molecule has 1 saturated heterocycles. The van der Waals surface area contributed by atoms with Crippen LogP contribution in [0.3, 0.4) is 0 Å². The topological polar surface area (TPSA) is 41.3 Å². The summed E-state index contributed by atoms with van der Waals surface area (Å²) in [6, 6.07) is 12.5. The minimum Gasteiger partial charge on any atom is -0.390 e. The number of hydrogen-bond acceptors (Lipinski definition) is 4. The van der Waals surface area contributed by atoms with Gasteiger partial charge < -0.3 is 14.6 Å². The zero-order chi connectivity index (χ0) is 18.0. The van der Waals surface area contributed by atoms with Crippen LogP contribution in [0.15, 0.2) is 53.5 Å². The van der Waals surface area contributed by atoms with Gasteiger partial charge in [0.1, 0.15) is 0 Å². The summed E-state index contributed by atoms with van der Waals surface area (Å²) in [5, 5.41) is 15.2. The molecule has 2 aromatic heterocycles. The van der Waals surface area contributed by atoms with E-state index >= 15 is 0 Å². The summed E-state index contributed by atoms with van der Waals surface area (Å²) in [6.07, 6.45) is 4.38. The summed E-state index contributed by atoms with van der Waals surface area (Å²) < 4.78 is 2.21. The molecule has 0 aliphatic carbocycles. The molecular formula is C21H25N3OS. The van der Waals surface area contributed by atoms with Crippen molar-refractivity contribution in [3.8, 4) is 22.5 Å². The van der Waals surface area contributed by atoms with Gasteiger partial charge in [-0.05, 0) is 37.8 Å². The molecule has 1 fully saturated rings. The second kappa shape index (κ2) is 7.35. The Balaban J connectivity index is 1.61. The Morgan fingerprint density at radius 2 is 1.88 bits per heavy atom. The van der Waals surface area contributed by atoms with Gasteiger partial charge in [0.15, 0.2) is 0 Å². The Morgan fingerprint density at radius 3 is 2.58 bits per heavy atom. The number of imidazole rings is 1. The van der Waals surface area contributed by atoms with Crippen LogP contribution in [0.1, 0.15) is 19.3 Å². The quantitative estimate of drug-likeness (QED) is 0.737. The lowest BCUT2D eigenvalue weighted by atomic mass is 9.88. The molecule has 1 aliphatic rings. The summed E-state index contributed by atoms with van der Waals surface area (Å²) in [7, 11) is 2.12. The lowest BCUT2D eigenvalue weighted by Crippen LogP contribution is -2.43. The van der Waals surface area contributed by atoms with Crippen molar-refractivity contribution in [2.75, 3.05) is 20.1 Å². The van der Waals surface area contributed by atoms with Crippen molar-refractivity contribution in [1.82, 2.24) is 14.5 Å². The van der Waals surface area contributed by atoms with Crippen molar-refractivity contribution in [2.24, 2.45) is 0 Å². The van der Waals surface area contributed by atoms with Gasteiger partial charge in [0.05, 0.1) is 23.3 Å². The smallest absolute Gasteiger partial charge is 0.0963 e. The van der Waals surface area contributed by atoms with Gasteiger partial charge in [-0.25, -0.2) is 4.98 Å². The zero-order valence-corrected chi connectivity index (χ0v) is 16.0. The van der Waals surface area contributed by atoms with E-state index in [1.165, 1.54) is 5.56 Å². The highest BCUT2D eigenvalue weighted by Gasteiger charge is 2.31. The molecule has 0 radical (unpaired) electrons. The molecular weight excluding hydrogens is 342 g/mol. The van der Waals surface area contributed by atoms with Gasteiger partial charge in [0, 0.05) is 36.1 Å². The van der Waals surface area contributed by atoms with Gasteiger partial charge in [-0.3, -0.25) is 0 Å². The molecule has 3 aromatic rings. The molecule has 0 spiro atoms. The minimum absolute atomic E-state index is 0.560. The van der Waals surface area contributed by atoms with Crippen LogP contribution >= 0.6 is 11.3 Å². The molecule has 4 nitrogen and oxygen atoms in total. The average molecular weight is 368 g/mol. The first-order valence-electron chi connectivity index (χ1n) is 9.19. The molecule has 1 aliphatic heterocycles. The van der Waals surface area contributed by atoms with Crippen LogP contribution in [0.25, 0.3) is 22.5 Å². The first-order valence-corrected chi connectivity index (χ1v) is 10.1. The van der Waals surface area contributed by atoms with E-state index in [0.717, 1.165) is 55.8 Å². The van der Waals surface area contributed by atoms with E-state index in [2.05, 4.69) is 45.5 Å². The second-order valence-corrected chi connectivity index (χ2v) is 8.07. The standard InChI is InChI=1S/C21H25N3OS/c1-23-11-8-21(25,9-12-23)10-13-24-16-22-19(17-5-3-2-4-6-17)20(24)18-7-14-26-15-18/h2-7,14-16,25H,8-13H2,1H3. The fourth-order valence-electron chi connectivity index (χ4n) is 3.67. The van der Waals surface area contributed by atoms with Gasteiger partial charge in [-0.1, -0.05) is 30.3 Å². The molecule has 3 heterocycles. The Morgan fingerprint density at radius 1 is 1.12 bits per heavy atom. The highest BCUT2D eigenvalue weighted by Crippen LogP contribution is 2.34. The molecule has 1 aromatic carbocycles. The number of rotatable bonds is 5. The fourth-order valence-corrected chi connectivity index (χ4v) is 4.31. The molecule has 0 unspecified atom stereocenters. The van der Waals surface area contributed by atoms with Crippen molar-refractivity contribution < 1.29 is 5.11 Å². The number of aliphatic hydroxyl groups is 1. The van der Waals surface area contributed by atoms with Crippen LogP contribution in [0.5, 0.6) is 0 Å². The van der Waals surface area contributed by atoms with Crippen LogP contribution in [0, 0.1) is 0 Å². The number of aromatic nitrogens is 2. The number of piperidine rings is 1. The highest BCUT2D eigenvalue weighted by molar-refractivity contribution is 7.08. The van der Waals surface area contributed by atoms with E-state index in [0.29, 0.717) is 0 Å². The van der Waals surface area contributed by atoms with Gasteiger partial charge in [0.2, 0.25) is 0 Å². The summed E-state index contributed by atoms with van der Waals surface area (Å²) in [6.45, 7) is 2.71. The third-order valence-electron chi connectivity index (χ3n) is 5.42. The lowest BCUT2D eigenvalue weighted by Gasteiger charge is -2.36. The largest absolute Gasteiger partial charge is 0.390 e. The Kier molecular flexibility index (Phi) is 4.94. The van der Waals surface area contributed by atoms with E-state index in [-0.39, 0.29) is 0 Å². The zero-order valence-electron chi connectivity index (χ0n) is 15.1. The van der Waals surface area contributed by atoms with Crippen LogP contribution in [-0.2, 0) is 6.54 Å². The van der Waals surface area contributed by atoms with Crippen molar-refractivity contribution in [3.63, 3.8) is 0 Å². The molecule has 136 valence electrons. The first-order chi connectivity index (χ1) is 12.6. The maximum absolute atomic E-state index is 10.9. The van der Waals surface area contributed by atoms with Crippen molar-refractivity contribution >= 4 is 11.3 Å². The van der Waals surface area contributed by atoms with Crippen LogP contribution in [-0.4, -0.2) is 45.3 Å². The summed E-state index contributed by atoms with van der Waals surface area (Å²) in [4.78, 5) is 7.01. The van der Waals surface area contributed by atoms with Crippen molar-refractivity contribution in [1.29, 1.82) is 0 Å². The lowest BCUT2D eigenvalue weighted by molar-refractivity contribution is -0.0252. The second-order valence-electron chi connectivity index (χ2n) is 7.29. The average Bonchev–Trinajstić information content (AvgIpc) is 3.32. The molecule has 1 N–H and O–H groups in total. The number of aryl methyl sites for hydroxylation is 1. The number of nitrogens with zero attached hydrogens (tertiary/aromatic N) is 3. The summed E-state index contributed by atoms with van der Waals surface area (Å²) in [5.74, 6) is 0. The van der Waals surface area contributed by atoms with E-state index < -0.39 is 5.60 Å². The molecule has 0 bridgehead atoms. The molecule has 0 amide bonds. The fraction of sp³-hybridized carbons (Fsp3) is 0.381. The predicted molar refractivity (Wildman–Crippen MR) is 107 cm³/mol. The third kappa shape index (κ3) is 3.61. The number of benzene rings is 1. The van der Waals surface area contributed by atoms with Crippen molar-refractivity contribution in [2.45, 2.75) is 31.4 Å². The third-order valence-corrected chi connectivity index (χ3v) is 6.10. The number of likely N-dealkylation sites (tertiary alicyclic amines) is 1. The number of thiophene rings is 1. The van der Waals surface area contributed by atoms with E-state index in [1.54, 1.807) is 11.3 Å². The first kappa shape index (κ1) is 17.5. The Bertz CT molecular complexity index is 834. The van der Waals surface area contributed by atoms with Crippen LogP contribution in [0.4, 0.5) is 0 Å². The molecule has 26 heavy (non-hydrogen) atoms. The SMILES string of the molecule is CN1CCC(O)(CCn2cnc(-c3ccccc3)c2-c2ccsc2)CC1. The van der Waals surface area contributed by atoms with Gasteiger partial charge in [0.25, 0.3) is 0 Å². The van der Waals surface area contributed by atoms with E-state index in [9.17, 15) is 5.11 Å². The number of hydrogen-bond donors (Lipinski definition) is 1. The monoisotopic (exact) mass is 367 g/mol. The van der Waals surface area contributed by atoms with Gasteiger partial charge in [-0.2, -0.15) is 11.3 Å². The minimum atomic E-state index is -0.560. The summed E-state index contributed by atoms with van der Waals surface area (Å²) in [5.41, 5.74) is 3.93. The summed E-state index contributed by atoms with van der Waals surface area (Å²) >= 11 is 1.70. The molecule has 5 heteroatoms. The highest BCUT2D eigenvalue weighted by atomic mass is 32.1. The van der Waals surface area contributed by atoms with E-state index in [1.807, 2.05) is 24.5 Å². The molecule has 0 atom stereocenters. The predicted octanol–water partition coefficient (Wildman–Crippen LogP) is 4.13.